The van der Waals surface area contributed by atoms with Gasteiger partial charge in [0, 0.05) is 10.8 Å². The summed E-state index contributed by atoms with van der Waals surface area (Å²) in [5.41, 5.74) is 10.2. The maximum absolute atomic E-state index is 9.69. The lowest BCUT2D eigenvalue weighted by atomic mass is 9.79. The highest BCUT2D eigenvalue weighted by atomic mass is 16.8. The molecule has 2 fully saturated rings. The predicted octanol–water partition coefficient (Wildman–Crippen LogP) is 4.04. The van der Waals surface area contributed by atoms with Crippen LogP contribution < -0.4 is 0 Å². The fourth-order valence-electron chi connectivity index (χ4n) is 4.52. The summed E-state index contributed by atoms with van der Waals surface area (Å²) in [6.45, 7) is 10.8. The Morgan fingerprint density at radius 2 is 1.82 bits per heavy atom. The monoisotopic (exact) mass is 463 g/mol. The van der Waals surface area contributed by atoms with Crippen molar-refractivity contribution in [1.82, 2.24) is 0 Å². The molecule has 0 bridgehead atoms. The fraction of sp³-hybridized carbons (Fsp3) is 0.750. The highest BCUT2D eigenvalue weighted by Gasteiger charge is 2.46. The van der Waals surface area contributed by atoms with Gasteiger partial charge in [-0.1, -0.05) is 56.2 Å². The first kappa shape index (κ1) is 25.9. The Morgan fingerprint density at radius 3 is 2.48 bits per heavy atom. The van der Waals surface area contributed by atoms with E-state index in [-0.39, 0.29) is 25.2 Å². The van der Waals surface area contributed by atoms with Crippen molar-refractivity contribution in [2.24, 2.45) is 22.9 Å². The molecule has 33 heavy (non-hydrogen) atoms. The average Bonchev–Trinajstić information content (AvgIpc) is 3.12. The second-order valence-corrected chi connectivity index (χ2v) is 9.55. The van der Waals surface area contributed by atoms with E-state index >= 15 is 0 Å². The standard InChI is InChI=1S/C24H37N3O6/c1-15-16(2)21(14-29-12-18-9-7-6-8-10-18)31-23(17(15)3)30-13-19(26-27-25)22-20(11-28)32-24(4,5)33-22/h6-10,15-17,19-23,28H,11-14H2,1-5H3/t15?,16?,17?,19-,20+,21?,22-,23?/m0/s1. The smallest absolute Gasteiger partial charge is 0.163 e. The quantitative estimate of drug-likeness (QED) is 0.318. The molecule has 0 amide bonds. The largest absolute Gasteiger partial charge is 0.394 e. The summed E-state index contributed by atoms with van der Waals surface area (Å²) in [5.74, 6) is -0.0825. The lowest BCUT2D eigenvalue weighted by Gasteiger charge is -2.43. The van der Waals surface area contributed by atoms with Gasteiger partial charge in [-0.15, -0.1) is 0 Å². The number of azide groups is 1. The van der Waals surface area contributed by atoms with Gasteiger partial charge in [0.2, 0.25) is 0 Å². The minimum Gasteiger partial charge on any atom is -0.394 e. The molecule has 184 valence electrons. The molecule has 1 aromatic carbocycles. The first-order valence-electron chi connectivity index (χ1n) is 11.6. The van der Waals surface area contributed by atoms with Crippen molar-refractivity contribution >= 4 is 0 Å². The molecule has 8 atom stereocenters. The van der Waals surface area contributed by atoms with Crippen LogP contribution in [0.2, 0.25) is 0 Å². The minimum absolute atomic E-state index is 0.0956. The molecule has 2 aliphatic heterocycles. The summed E-state index contributed by atoms with van der Waals surface area (Å²) < 4.78 is 30.0. The summed E-state index contributed by atoms with van der Waals surface area (Å²) in [6, 6.07) is 9.38. The zero-order valence-electron chi connectivity index (χ0n) is 20.2. The van der Waals surface area contributed by atoms with Gasteiger partial charge in [0.25, 0.3) is 0 Å². The van der Waals surface area contributed by atoms with Gasteiger partial charge in [-0.2, -0.15) is 0 Å². The molecule has 1 N–H and O–H groups in total. The molecule has 1 aromatic rings. The highest BCUT2D eigenvalue weighted by molar-refractivity contribution is 5.13. The third-order valence-corrected chi connectivity index (χ3v) is 6.79. The Hall–Kier alpha value is -1.71. The molecule has 0 aromatic heterocycles. The Morgan fingerprint density at radius 1 is 1.09 bits per heavy atom. The Labute approximate surface area is 195 Å². The molecular formula is C24H37N3O6. The maximum Gasteiger partial charge on any atom is 0.163 e. The molecule has 3 rings (SSSR count). The number of aliphatic hydroxyl groups excluding tert-OH is 1. The van der Waals surface area contributed by atoms with E-state index in [1.54, 1.807) is 13.8 Å². The van der Waals surface area contributed by atoms with E-state index < -0.39 is 30.3 Å². The van der Waals surface area contributed by atoms with Gasteiger partial charge in [0.05, 0.1) is 38.6 Å². The maximum atomic E-state index is 9.69. The molecule has 0 aliphatic carbocycles. The first-order valence-corrected chi connectivity index (χ1v) is 11.6. The number of benzene rings is 1. The number of ether oxygens (including phenoxy) is 5. The number of hydrogen-bond donors (Lipinski definition) is 1. The first-order chi connectivity index (χ1) is 15.8. The van der Waals surface area contributed by atoms with E-state index in [2.05, 4.69) is 30.8 Å². The highest BCUT2D eigenvalue weighted by Crippen LogP contribution is 2.36. The van der Waals surface area contributed by atoms with Crippen LogP contribution in [0.15, 0.2) is 35.4 Å². The topological polar surface area (TPSA) is 115 Å². The summed E-state index contributed by atoms with van der Waals surface area (Å²) >= 11 is 0. The lowest BCUT2D eigenvalue weighted by Crippen LogP contribution is -2.49. The van der Waals surface area contributed by atoms with Crippen LogP contribution in [0, 0.1) is 17.8 Å². The zero-order valence-corrected chi connectivity index (χ0v) is 20.2. The third-order valence-electron chi connectivity index (χ3n) is 6.79. The van der Waals surface area contributed by atoms with Crippen molar-refractivity contribution in [3.8, 4) is 0 Å². The second-order valence-electron chi connectivity index (χ2n) is 9.55. The van der Waals surface area contributed by atoms with Crippen LogP contribution in [-0.2, 0) is 30.3 Å². The molecule has 9 nitrogen and oxygen atoms in total. The van der Waals surface area contributed by atoms with Crippen molar-refractivity contribution in [1.29, 1.82) is 0 Å². The van der Waals surface area contributed by atoms with Crippen LogP contribution in [0.5, 0.6) is 0 Å². The number of aliphatic hydroxyl groups is 1. The van der Waals surface area contributed by atoms with Crippen molar-refractivity contribution in [2.45, 2.75) is 77.7 Å². The van der Waals surface area contributed by atoms with Crippen LogP contribution in [0.4, 0.5) is 0 Å². The summed E-state index contributed by atoms with van der Waals surface area (Å²) in [6.07, 6.45) is -1.79. The molecule has 0 spiro atoms. The van der Waals surface area contributed by atoms with Crippen LogP contribution in [0.25, 0.3) is 10.4 Å². The number of hydrogen-bond acceptors (Lipinski definition) is 7. The molecule has 0 saturated carbocycles. The minimum atomic E-state index is -0.874. The average molecular weight is 464 g/mol. The van der Waals surface area contributed by atoms with Crippen molar-refractivity contribution < 1.29 is 28.8 Å². The zero-order chi connectivity index (χ0) is 24.0. The predicted molar refractivity (Wildman–Crippen MR) is 122 cm³/mol. The third kappa shape index (κ3) is 6.67. The normalized spacial score (nSPS) is 34.5. The van der Waals surface area contributed by atoms with Crippen LogP contribution >= 0.6 is 0 Å². The van der Waals surface area contributed by atoms with Gasteiger partial charge in [0.1, 0.15) is 12.2 Å². The van der Waals surface area contributed by atoms with Crippen molar-refractivity contribution in [3.05, 3.63) is 46.3 Å². The van der Waals surface area contributed by atoms with E-state index in [1.807, 2.05) is 30.3 Å². The molecule has 2 heterocycles. The summed E-state index contributed by atoms with van der Waals surface area (Å²) in [5, 5.41) is 13.6. The Balaban J connectivity index is 1.60. The van der Waals surface area contributed by atoms with Gasteiger partial charge < -0.3 is 28.8 Å². The van der Waals surface area contributed by atoms with E-state index in [0.29, 0.717) is 25.0 Å². The van der Waals surface area contributed by atoms with E-state index in [4.69, 9.17) is 29.2 Å². The van der Waals surface area contributed by atoms with Gasteiger partial charge in [-0.3, -0.25) is 0 Å². The lowest BCUT2D eigenvalue weighted by molar-refractivity contribution is -0.260. The molecule has 0 radical (unpaired) electrons. The van der Waals surface area contributed by atoms with E-state index in [1.165, 1.54) is 0 Å². The fourth-order valence-corrected chi connectivity index (χ4v) is 4.52. The summed E-state index contributed by atoms with van der Waals surface area (Å²) in [7, 11) is 0. The second kappa shape index (κ2) is 11.6. The molecular weight excluding hydrogens is 426 g/mol. The molecule has 2 saturated heterocycles. The SMILES string of the molecule is CC1C(COCc2ccccc2)OC(OC[C@H](N=[N+]=[N-])[C@@H]2OC(C)(C)O[C@@H]2CO)C(C)C1C. The Bertz CT molecular complexity index is 788. The number of nitrogens with zero attached hydrogens (tertiary/aromatic N) is 3. The van der Waals surface area contributed by atoms with E-state index in [0.717, 1.165) is 5.56 Å². The van der Waals surface area contributed by atoms with Gasteiger partial charge in [-0.05, 0) is 36.8 Å². The number of rotatable bonds is 10. The van der Waals surface area contributed by atoms with E-state index in [9.17, 15) is 5.11 Å². The van der Waals surface area contributed by atoms with Crippen molar-refractivity contribution in [3.63, 3.8) is 0 Å². The van der Waals surface area contributed by atoms with Gasteiger partial charge >= 0.3 is 0 Å². The summed E-state index contributed by atoms with van der Waals surface area (Å²) in [4.78, 5) is 2.96. The van der Waals surface area contributed by atoms with Gasteiger partial charge in [0.15, 0.2) is 12.1 Å². The Kier molecular flexibility index (Phi) is 9.12. The molecule has 5 unspecified atom stereocenters. The van der Waals surface area contributed by atoms with Crippen LogP contribution in [-0.4, -0.2) is 61.4 Å². The van der Waals surface area contributed by atoms with Gasteiger partial charge in [-0.25, -0.2) is 0 Å². The van der Waals surface area contributed by atoms with Crippen LogP contribution in [0.3, 0.4) is 0 Å². The molecule has 9 heteroatoms. The molecule has 2 aliphatic rings. The van der Waals surface area contributed by atoms with Crippen molar-refractivity contribution in [2.75, 3.05) is 19.8 Å². The van der Waals surface area contributed by atoms with Crippen LogP contribution in [0.1, 0.15) is 40.2 Å².